The molecule has 0 aliphatic carbocycles. The van der Waals surface area contributed by atoms with Crippen LogP contribution >= 0.6 is 0 Å². The third kappa shape index (κ3) is 1.86. The summed E-state index contributed by atoms with van der Waals surface area (Å²) in [4.78, 5) is 4.41. The number of imidazole rings is 1. The molecule has 0 saturated heterocycles. The molecule has 2 rings (SSSR count). The Hall–Kier alpha value is -1.62. The lowest BCUT2D eigenvalue weighted by Crippen LogP contribution is -2.21. The van der Waals surface area contributed by atoms with Crippen molar-refractivity contribution in [3.63, 3.8) is 0 Å². The molecule has 0 spiro atoms. The van der Waals surface area contributed by atoms with E-state index in [0.717, 1.165) is 17.9 Å². The third-order valence-electron chi connectivity index (χ3n) is 2.69. The summed E-state index contributed by atoms with van der Waals surface area (Å²) in [5.41, 5.74) is 1.13. The van der Waals surface area contributed by atoms with E-state index >= 15 is 0 Å². The Kier molecular flexibility index (Phi) is 3.05. The molecule has 1 N–H and O–H groups in total. The van der Waals surface area contributed by atoms with Gasteiger partial charge in [0.1, 0.15) is 5.82 Å². The van der Waals surface area contributed by atoms with Gasteiger partial charge in [0.2, 0.25) is 0 Å². The quantitative estimate of drug-likeness (QED) is 0.832. The maximum Gasteiger partial charge on any atom is 0.130 e. The molecule has 5 nitrogen and oxygen atoms in total. The molecule has 0 radical (unpaired) electrons. The number of aromatic nitrogens is 4. The van der Waals surface area contributed by atoms with Gasteiger partial charge in [0.05, 0.1) is 12.2 Å². The van der Waals surface area contributed by atoms with E-state index in [-0.39, 0.29) is 6.04 Å². The molecule has 16 heavy (non-hydrogen) atoms. The van der Waals surface area contributed by atoms with Crippen LogP contribution in [0.25, 0.3) is 0 Å². The molecule has 2 aromatic heterocycles. The van der Waals surface area contributed by atoms with Gasteiger partial charge in [-0.05, 0) is 14.0 Å². The van der Waals surface area contributed by atoms with Crippen molar-refractivity contribution in [1.82, 2.24) is 24.6 Å². The first kappa shape index (κ1) is 10.9. The standard InChI is InChI=1S/C11H17N5/c1-4-16-6-5-13-11(16)10(12-2)9-7-14-15(3)8-9/h5-8,10,12H,4H2,1-3H3. The monoisotopic (exact) mass is 219 g/mol. The average molecular weight is 219 g/mol. The summed E-state index contributed by atoms with van der Waals surface area (Å²) in [5.74, 6) is 1.03. The zero-order chi connectivity index (χ0) is 11.5. The summed E-state index contributed by atoms with van der Waals surface area (Å²) in [5, 5.41) is 7.46. The highest BCUT2D eigenvalue weighted by Crippen LogP contribution is 2.19. The van der Waals surface area contributed by atoms with Crippen molar-refractivity contribution >= 4 is 0 Å². The molecular weight excluding hydrogens is 202 g/mol. The van der Waals surface area contributed by atoms with Crippen LogP contribution in [0.4, 0.5) is 0 Å². The second kappa shape index (κ2) is 4.49. The predicted molar refractivity (Wildman–Crippen MR) is 62.0 cm³/mol. The van der Waals surface area contributed by atoms with E-state index in [9.17, 15) is 0 Å². The topological polar surface area (TPSA) is 47.7 Å². The van der Waals surface area contributed by atoms with E-state index in [1.807, 2.05) is 38.9 Å². The summed E-state index contributed by atoms with van der Waals surface area (Å²) in [6, 6.07) is 0.101. The van der Waals surface area contributed by atoms with Gasteiger partial charge in [0, 0.05) is 37.7 Å². The minimum Gasteiger partial charge on any atom is -0.334 e. The van der Waals surface area contributed by atoms with E-state index in [1.54, 1.807) is 4.68 Å². The summed E-state index contributed by atoms with van der Waals surface area (Å²) in [7, 11) is 3.86. The van der Waals surface area contributed by atoms with Gasteiger partial charge in [-0.1, -0.05) is 0 Å². The summed E-state index contributed by atoms with van der Waals surface area (Å²) in [6.07, 6.45) is 7.71. The fourth-order valence-electron chi connectivity index (χ4n) is 1.88. The first-order valence-electron chi connectivity index (χ1n) is 5.43. The zero-order valence-electron chi connectivity index (χ0n) is 9.88. The van der Waals surface area contributed by atoms with Gasteiger partial charge >= 0.3 is 0 Å². The van der Waals surface area contributed by atoms with Crippen molar-refractivity contribution in [2.75, 3.05) is 7.05 Å². The van der Waals surface area contributed by atoms with Gasteiger partial charge in [0.25, 0.3) is 0 Å². The molecular formula is C11H17N5. The van der Waals surface area contributed by atoms with Gasteiger partial charge in [-0.2, -0.15) is 5.10 Å². The van der Waals surface area contributed by atoms with Gasteiger partial charge in [0.15, 0.2) is 0 Å². The van der Waals surface area contributed by atoms with E-state index < -0.39 is 0 Å². The second-order valence-corrected chi connectivity index (χ2v) is 3.74. The van der Waals surface area contributed by atoms with Crippen molar-refractivity contribution < 1.29 is 0 Å². The molecule has 0 amide bonds. The van der Waals surface area contributed by atoms with E-state index in [4.69, 9.17) is 0 Å². The van der Waals surface area contributed by atoms with Crippen LogP contribution in [-0.2, 0) is 13.6 Å². The molecule has 0 saturated carbocycles. The molecule has 5 heteroatoms. The van der Waals surface area contributed by atoms with E-state index in [0.29, 0.717) is 0 Å². The highest BCUT2D eigenvalue weighted by Gasteiger charge is 2.17. The Bertz CT molecular complexity index is 456. The van der Waals surface area contributed by atoms with Crippen LogP contribution in [-0.4, -0.2) is 26.4 Å². The third-order valence-corrected chi connectivity index (χ3v) is 2.69. The van der Waals surface area contributed by atoms with Gasteiger partial charge in [-0.3, -0.25) is 4.68 Å². The molecule has 1 atom stereocenters. The lowest BCUT2D eigenvalue weighted by molar-refractivity contribution is 0.590. The van der Waals surface area contributed by atoms with Crippen LogP contribution in [0, 0.1) is 0 Å². The largest absolute Gasteiger partial charge is 0.334 e. The second-order valence-electron chi connectivity index (χ2n) is 3.74. The Labute approximate surface area is 95.1 Å². The van der Waals surface area contributed by atoms with Crippen LogP contribution < -0.4 is 5.32 Å². The van der Waals surface area contributed by atoms with Crippen molar-refractivity contribution in [2.24, 2.45) is 7.05 Å². The first-order valence-corrected chi connectivity index (χ1v) is 5.43. The fourth-order valence-corrected chi connectivity index (χ4v) is 1.88. The predicted octanol–water partition coefficient (Wildman–Crippen LogP) is 0.945. The summed E-state index contributed by atoms with van der Waals surface area (Å²) in [6.45, 7) is 3.04. The summed E-state index contributed by atoms with van der Waals surface area (Å²) < 4.78 is 3.94. The van der Waals surface area contributed by atoms with E-state index in [1.165, 1.54) is 0 Å². The number of rotatable bonds is 4. The van der Waals surface area contributed by atoms with Crippen molar-refractivity contribution in [3.8, 4) is 0 Å². The van der Waals surface area contributed by atoms with Gasteiger partial charge < -0.3 is 9.88 Å². The van der Waals surface area contributed by atoms with Crippen molar-refractivity contribution in [3.05, 3.63) is 36.2 Å². The van der Waals surface area contributed by atoms with Gasteiger partial charge in [-0.25, -0.2) is 4.98 Å². The maximum absolute atomic E-state index is 4.41. The Balaban J connectivity index is 2.36. The molecule has 2 heterocycles. The van der Waals surface area contributed by atoms with Crippen LogP contribution in [0.3, 0.4) is 0 Å². The lowest BCUT2D eigenvalue weighted by atomic mass is 10.1. The number of aryl methyl sites for hydroxylation is 2. The molecule has 86 valence electrons. The van der Waals surface area contributed by atoms with Crippen molar-refractivity contribution in [2.45, 2.75) is 19.5 Å². The number of hydrogen-bond donors (Lipinski definition) is 1. The molecule has 0 bridgehead atoms. The number of nitrogens with one attached hydrogen (secondary N) is 1. The lowest BCUT2D eigenvalue weighted by Gasteiger charge is -2.15. The molecule has 0 aromatic carbocycles. The minimum atomic E-state index is 0.101. The molecule has 2 aromatic rings. The SMILES string of the molecule is CCn1ccnc1C(NC)c1cnn(C)c1. The maximum atomic E-state index is 4.41. The average Bonchev–Trinajstić information content (AvgIpc) is 2.89. The van der Waals surface area contributed by atoms with Crippen LogP contribution in [0.1, 0.15) is 24.4 Å². The van der Waals surface area contributed by atoms with Crippen LogP contribution in [0.5, 0.6) is 0 Å². The zero-order valence-corrected chi connectivity index (χ0v) is 9.88. The summed E-state index contributed by atoms with van der Waals surface area (Å²) >= 11 is 0. The first-order chi connectivity index (χ1) is 7.76. The van der Waals surface area contributed by atoms with Gasteiger partial charge in [-0.15, -0.1) is 0 Å². The molecule has 0 aliphatic rings. The molecule has 1 unspecified atom stereocenters. The fraction of sp³-hybridized carbons (Fsp3) is 0.455. The Morgan fingerprint density at radius 1 is 1.50 bits per heavy atom. The highest BCUT2D eigenvalue weighted by molar-refractivity contribution is 5.20. The highest BCUT2D eigenvalue weighted by atomic mass is 15.2. The Morgan fingerprint density at radius 2 is 2.31 bits per heavy atom. The Morgan fingerprint density at radius 3 is 2.88 bits per heavy atom. The number of nitrogens with zero attached hydrogens (tertiary/aromatic N) is 4. The normalized spacial score (nSPS) is 12.9. The minimum absolute atomic E-state index is 0.101. The van der Waals surface area contributed by atoms with Crippen molar-refractivity contribution in [1.29, 1.82) is 0 Å². The van der Waals surface area contributed by atoms with E-state index in [2.05, 4.69) is 26.9 Å². The van der Waals surface area contributed by atoms with Crippen LogP contribution in [0.15, 0.2) is 24.8 Å². The van der Waals surface area contributed by atoms with Crippen LogP contribution in [0.2, 0.25) is 0 Å². The molecule has 0 aliphatic heterocycles. The smallest absolute Gasteiger partial charge is 0.130 e. The number of hydrogen-bond acceptors (Lipinski definition) is 3. The molecule has 0 fully saturated rings.